The summed E-state index contributed by atoms with van der Waals surface area (Å²) in [5.74, 6) is -1.90. The molecule has 0 atom stereocenters. The summed E-state index contributed by atoms with van der Waals surface area (Å²) < 4.78 is 30.8. The summed E-state index contributed by atoms with van der Waals surface area (Å²) in [6.45, 7) is 2.83. The number of piperazine rings is 1. The van der Waals surface area contributed by atoms with E-state index in [9.17, 15) is 13.6 Å². The zero-order valence-electron chi connectivity index (χ0n) is 10.7. The normalized spacial score (nSPS) is 16.5. The van der Waals surface area contributed by atoms with Crippen molar-refractivity contribution in [2.75, 3.05) is 39.8 Å². The Morgan fingerprint density at radius 2 is 1.89 bits per heavy atom. The summed E-state index contributed by atoms with van der Waals surface area (Å²) in [5, 5.41) is 0. The van der Waals surface area contributed by atoms with E-state index in [0.717, 1.165) is 25.2 Å². The highest BCUT2D eigenvalue weighted by atomic mass is 19.2. The number of likely N-dealkylation sites (N-methyl/N-ethyl adjacent to an activating group) is 1. The fourth-order valence-corrected chi connectivity index (χ4v) is 1.86. The van der Waals surface area contributed by atoms with Crippen LogP contribution in [-0.2, 0) is 4.79 Å². The molecular formula is C13H16F2N2O2. The van der Waals surface area contributed by atoms with Gasteiger partial charge in [-0.05, 0) is 19.2 Å². The van der Waals surface area contributed by atoms with E-state index >= 15 is 0 Å². The first-order valence-corrected chi connectivity index (χ1v) is 6.10. The van der Waals surface area contributed by atoms with E-state index in [2.05, 4.69) is 4.90 Å². The first-order valence-electron chi connectivity index (χ1n) is 6.10. The topological polar surface area (TPSA) is 32.8 Å². The first-order chi connectivity index (χ1) is 9.06. The molecular weight excluding hydrogens is 254 g/mol. The van der Waals surface area contributed by atoms with Gasteiger partial charge in [0.15, 0.2) is 18.2 Å². The van der Waals surface area contributed by atoms with Crippen molar-refractivity contribution < 1.29 is 18.3 Å². The van der Waals surface area contributed by atoms with Crippen molar-refractivity contribution in [1.29, 1.82) is 0 Å². The molecule has 0 aromatic heterocycles. The quantitative estimate of drug-likeness (QED) is 0.825. The molecule has 19 heavy (non-hydrogen) atoms. The van der Waals surface area contributed by atoms with E-state index < -0.39 is 11.6 Å². The second kappa shape index (κ2) is 5.97. The van der Waals surface area contributed by atoms with Gasteiger partial charge in [-0.15, -0.1) is 0 Å². The molecule has 1 amide bonds. The van der Waals surface area contributed by atoms with Gasteiger partial charge in [-0.25, -0.2) is 8.78 Å². The summed E-state index contributed by atoms with van der Waals surface area (Å²) >= 11 is 0. The summed E-state index contributed by atoms with van der Waals surface area (Å²) in [6, 6.07) is 3.22. The van der Waals surface area contributed by atoms with Crippen molar-refractivity contribution >= 4 is 5.91 Å². The van der Waals surface area contributed by atoms with Crippen molar-refractivity contribution in [1.82, 2.24) is 9.80 Å². The molecule has 0 spiro atoms. The minimum absolute atomic E-state index is 0.141. The fraction of sp³-hybridized carbons (Fsp3) is 0.462. The van der Waals surface area contributed by atoms with Crippen LogP contribution in [0.3, 0.4) is 0 Å². The largest absolute Gasteiger partial charge is 0.484 e. The molecule has 1 aromatic rings. The number of halogens is 2. The van der Waals surface area contributed by atoms with Crippen LogP contribution in [0, 0.1) is 11.6 Å². The molecule has 1 fully saturated rings. The lowest BCUT2D eigenvalue weighted by Gasteiger charge is -2.32. The average Bonchev–Trinajstić information content (AvgIpc) is 2.40. The van der Waals surface area contributed by atoms with Crippen molar-refractivity contribution in [2.45, 2.75) is 0 Å². The van der Waals surface area contributed by atoms with Gasteiger partial charge in [-0.3, -0.25) is 4.79 Å². The predicted molar refractivity (Wildman–Crippen MR) is 65.9 cm³/mol. The van der Waals surface area contributed by atoms with Crippen LogP contribution in [0.4, 0.5) is 8.78 Å². The smallest absolute Gasteiger partial charge is 0.260 e. The Kier molecular flexibility index (Phi) is 4.31. The highest BCUT2D eigenvalue weighted by Crippen LogP contribution is 2.15. The van der Waals surface area contributed by atoms with Crippen LogP contribution in [0.25, 0.3) is 0 Å². The highest BCUT2D eigenvalue weighted by Gasteiger charge is 2.19. The van der Waals surface area contributed by atoms with Gasteiger partial charge in [0, 0.05) is 32.2 Å². The first kappa shape index (κ1) is 13.7. The molecule has 2 rings (SSSR count). The summed E-state index contributed by atoms with van der Waals surface area (Å²) in [7, 11) is 2.00. The number of rotatable bonds is 3. The second-order valence-corrected chi connectivity index (χ2v) is 4.55. The Morgan fingerprint density at radius 3 is 2.53 bits per heavy atom. The number of carbonyl (C=O) groups is 1. The molecule has 0 unspecified atom stereocenters. The zero-order chi connectivity index (χ0) is 13.8. The van der Waals surface area contributed by atoms with Gasteiger partial charge >= 0.3 is 0 Å². The van der Waals surface area contributed by atoms with E-state index in [4.69, 9.17) is 4.74 Å². The minimum Gasteiger partial charge on any atom is -0.484 e. The van der Waals surface area contributed by atoms with Crippen LogP contribution >= 0.6 is 0 Å². The number of hydrogen-bond acceptors (Lipinski definition) is 3. The van der Waals surface area contributed by atoms with Crippen LogP contribution in [-0.4, -0.2) is 55.5 Å². The lowest BCUT2D eigenvalue weighted by Crippen LogP contribution is -2.48. The van der Waals surface area contributed by atoms with Gasteiger partial charge in [0.2, 0.25) is 0 Å². The van der Waals surface area contributed by atoms with E-state index in [1.54, 1.807) is 4.90 Å². The van der Waals surface area contributed by atoms with Crippen LogP contribution in [0.15, 0.2) is 18.2 Å². The Morgan fingerprint density at radius 1 is 1.21 bits per heavy atom. The van der Waals surface area contributed by atoms with Crippen LogP contribution in [0.1, 0.15) is 0 Å². The molecule has 0 aliphatic carbocycles. The molecule has 0 bridgehead atoms. The summed E-state index contributed by atoms with van der Waals surface area (Å²) in [5.41, 5.74) is 0. The summed E-state index contributed by atoms with van der Waals surface area (Å²) in [4.78, 5) is 15.7. The lowest BCUT2D eigenvalue weighted by molar-refractivity contribution is -0.134. The number of nitrogens with zero attached hydrogens (tertiary/aromatic N) is 2. The fourth-order valence-electron chi connectivity index (χ4n) is 1.86. The number of carbonyl (C=O) groups excluding carboxylic acids is 1. The second-order valence-electron chi connectivity index (χ2n) is 4.55. The van der Waals surface area contributed by atoms with Crippen molar-refractivity contribution in [3.05, 3.63) is 29.8 Å². The number of amides is 1. The molecule has 1 heterocycles. The van der Waals surface area contributed by atoms with Crippen LogP contribution < -0.4 is 4.74 Å². The molecule has 1 aliphatic heterocycles. The van der Waals surface area contributed by atoms with E-state index in [1.807, 2.05) is 7.05 Å². The maximum Gasteiger partial charge on any atom is 0.260 e. The Balaban J connectivity index is 1.84. The van der Waals surface area contributed by atoms with Gasteiger partial charge in [0.05, 0.1) is 0 Å². The van der Waals surface area contributed by atoms with Crippen molar-refractivity contribution in [3.63, 3.8) is 0 Å². The molecule has 1 saturated heterocycles. The summed E-state index contributed by atoms with van der Waals surface area (Å²) in [6.07, 6.45) is 0. The zero-order valence-corrected chi connectivity index (χ0v) is 10.7. The molecule has 104 valence electrons. The third-order valence-corrected chi connectivity index (χ3v) is 3.11. The van der Waals surface area contributed by atoms with E-state index in [0.29, 0.717) is 13.1 Å². The van der Waals surface area contributed by atoms with E-state index in [-0.39, 0.29) is 18.3 Å². The average molecular weight is 270 g/mol. The molecule has 0 N–H and O–H groups in total. The molecule has 6 heteroatoms. The Labute approximate surface area is 110 Å². The minimum atomic E-state index is -0.982. The van der Waals surface area contributed by atoms with Crippen LogP contribution in [0.2, 0.25) is 0 Å². The number of benzene rings is 1. The van der Waals surface area contributed by atoms with Gasteiger partial charge in [-0.2, -0.15) is 0 Å². The maximum atomic E-state index is 12.9. The third-order valence-electron chi connectivity index (χ3n) is 3.11. The van der Waals surface area contributed by atoms with Gasteiger partial charge in [0.1, 0.15) is 5.75 Å². The third kappa shape index (κ3) is 3.64. The highest BCUT2D eigenvalue weighted by molar-refractivity contribution is 5.77. The van der Waals surface area contributed by atoms with Crippen molar-refractivity contribution in [2.24, 2.45) is 0 Å². The number of ether oxygens (including phenoxy) is 1. The Hall–Kier alpha value is -1.69. The molecule has 1 aromatic carbocycles. The van der Waals surface area contributed by atoms with Gasteiger partial charge in [-0.1, -0.05) is 0 Å². The molecule has 4 nitrogen and oxygen atoms in total. The van der Waals surface area contributed by atoms with Gasteiger partial charge < -0.3 is 14.5 Å². The number of hydrogen-bond donors (Lipinski definition) is 0. The molecule has 0 radical (unpaired) electrons. The van der Waals surface area contributed by atoms with E-state index in [1.165, 1.54) is 6.07 Å². The standard InChI is InChI=1S/C13H16F2N2O2/c1-16-4-6-17(7-5-16)13(18)9-19-10-2-3-11(14)12(15)8-10/h2-3,8H,4-7,9H2,1H3. The maximum absolute atomic E-state index is 12.9. The monoisotopic (exact) mass is 270 g/mol. The lowest BCUT2D eigenvalue weighted by atomic mass is 10.3. The molecule has 0 saturated carbocycles. The molecule has 1 aliphatic rings. The SMILES string of the molecule is CN1CCN(C(=O)COc2ccc(F)c(F)c2)CC1. The van der Waals surface area contributed by atoms with Gasteiger partial charge in [0.25, 0.3) is 5.91 Å². The van der Waals surface area contributed by atoms with Crippen molar-refractivity contribution in [3.8, 4) is 5.75 Å². The Bertz CT molecular complexity index is 460. The van der Waals surface area contributed by atoms with Crippen LogP contribution in [0.5, 0.6) is 5.75 Å². The predicted octanol–water partition coefficient (Wildman–Crippen LogP) is 1.12.